The van der Waals surface area contributed by atoms with Crippen LogP contribution in [0, 0.1) is 0 Å². The highest BCUT2D eigenvalue weighted by atomic mass is 16.6. The van der Waals surface area contributed by atoms with Crippen LogP contribution in [0.25, 0.3) is 11.1 Å². The number of benzene rings is 4. The van der Waals surface area contributed by atoms with Crippen LogP contribution in [-0.4, -0.2) is 29.8 Å². The monoisotopic (exact) mass is 493 g/mol. The van der Waals surface area contributed by atoms with Gasteiger partial charge in [0.25, 0.3) is 0 Å². The van der Waals surface area contributed by atoms with E-state index in [4.69, 9.17) is 9.47 Å². The average Bonchev–Trinajstić information content (AvgIpc) is 3.25. The van der Waals surface area contributed by atoms with Crippen LogP contribution in [-0.2, 0) is 27.3 Å². The summed E-state index contributed by atoms with van der Waals surface area (Å²) in [5.41, 5.74) is 6.11. The van der Waals surface area contributed by atoms with E-state index in [1.54, 1.807) is 12.1 Å². The summed E-state index contributed by atoms with van der Waals surface area (Å²) in [5.74, 6) is -0.527. The van der Waals surface area contributed by atoms with Gasteiger partial charge in [0.2, 0.25) is 0 Å². The molecule has 1 aliphatic rings. The third kappa shape index (κ3) is 5.64. The van der Waals surface area contributed by atoms with E-state index < -0.39 is 18.1 Å². The van der Waals surface area contributed by atoms with Crippen molar-refractivity contribution in [2.24, 2.45) is 0 Å². The van der Waals surface area contributed by atoms with Gasteiger partial charge < -0.3 is 19.9 Å². The summed E-state index contributed by atoms with van der Waals surface area (Å²) >= 11 is 0. The highest BCUT2D eigenvalue weighted by Crippen LogP contribution is 2.44. The van der Waals surface area contributed by atoms with Crippen LogP contribution in [0.3, 0.4) is 0 Å². The summed E-state index contributed by atoms with van der Waals surface area (Å²) in [6.07, 6.45) is -0.500. The van der Waals surface area contributed by atoms with Gasteiger partial charge in [0.1, 0.15) is 25.0 Å². The van der Waals surface area contributed by atoms with Crippen molar-refractivity contribution in [3.63, 3.8) is 0 Å². The molecular weight excluding hydrogens is 466 g/mol. The molecule has 1 amide bonds. The maximum Gasteiger partial charge on any atom is 0.407 e. The highest BCUT2D eigenvalue weighted by Gasteiger charge is 2.30. The van der Waals surface area contributed by atoms with E-state index in [1.807, 2.05) is 54.6 Å². The number of nitrogens with one attached hydrogen (secondary N) is 1. The largest absolute Gasteiger partial charge is 0.508 e. The number of amides is 1. The zero-order chi connectivity index (χ0) is 25.6. The minimum absolute atomic E-state index is 0.0845. The number of ether oxygens (including phenoxy) is 2. The molecule has 0 spiro atoms. The van der Waals surface area contributed by atoms with Crippen LogP contribution in [0.1, 0.15) is 28.2 Å². The average molecular weight is 494 g/mol. The highest BCUT2D eigenvalue weighted by molar-refractivity contribution is 5.82. The molecule has 0 bridgehead atoms. The molecule has 0 fully saturated rings. The molecule has 186 valence electrons. The molecule has 37 heavy (non-hydrogen) atoms. The van der Waals surface area contributed by atoms with Crippen molar-refractivity contribution in [2.45, 2.75) is 25.0 Å². The fourth-order valence-electron chi connectivity index (χ4n) is 4.67. The molecule has 0 saturated carbocycles. The molecule has 0 unspecified atom stereocenters. The third-order valence-corrected chi connectivity index (χ3v) is 6.52. The second-order valence-electron chi connectivity index (χ2n) is 8.99. The lowest BCUT2D eigenvalue weighted by Crippen LogP contribution is -2.43. The Morgan fingerprint density at radius 2 is 1.32 bits per heavy atom. The van der Waals surface area contributed by atoms with Gasteiger partial charge in [0.15, 0.2) is 0 Å². The van der Waals surface area contributed by atoms with Gasteiger partial charge in [0.05, 0.1) is 0 Å². The summed E-state index contributed by atoms with van der Waals surface area (Å²) < 4.78 is 11.1. The molecule has 6 heteroatoms. The number of esters is 1. The number of phenolic OH excluding ortho intramolecular Hbond substituents is 1. The Labute approximate surface area is 215 Å². The number of phenols is 1. The Kier molecular flexibility index (Phi) is 7.17. The number of carbonyl (C=O) groups excluding carboxylic acids is 2. The fourth-order valence-corrected chi connectivity index (χ4v) is 4.67. The SMILES string of the molecule is O=C(N[C@@H](Cc1ccc(O)cc1)C(=O)OCc1ccccc1)OCC1c2ccccc2-c2ccccc21. The lowest BCUT2D eigenvalue weighted by atomic mass is 9.98. The first kappa shape index (κ1) is 24.1. The molecule has 0 saturated heterocycles. The van der Waals surface area contributed by atoms with Crippen LogP contribution in [0.2, 0.25) is 0 Å². The molecular formula is C31H27NO5. The molecule has 0 heterocycles. The van der Waals surface area contributed by atoms with Gasteiger partial charge in [-0.2, -0.15) is 0 Å². The van der Waals surface area contributed by atoms with Crippen molar-refractivity contribution < 1.29 is 24.2 Å². The van der Waals surface area contributed by atoms with Crippen molar-refractivity contribution in [3.8, 4) is 16.9 Å². The quantitative estimate of drug-likeness (QED) is 0.313. The normalized spacial score (nSPS) is 12.8. The number of carbonyl (C=O) groups is 2. The van der Waals surface area contributed by atoms with E-state index in [0.29, 0.717) is 0 Å². The molecule has 2 N–H and O–H groups in total. The smallest absolute Gasteiger partial charge is 0.407 e. The summed E-state index contributed by atoms with van der Waals surface area (Å²) in [6, 6.07) is 31.1. The van der Waals surface area contributed by atoms with Gasteiger partial charge in [-0.05, 0) is 45.5 Å². The Hall–Kier alpha value is -4.58. The number of aromatic hydroxyl groups is 1. The number of rotatable bonds is 8. The third-order valence-electron chi connectivity index (χ3n) is 6.52. The molecule has 4 aromatic carbocycles. The van der Waals surface area contributed by atoms with Crippen LogP contribution in [0.5, 0.6) is 5.75 Å². The molecule has 1 aliphatic carbocycles. The van der Waals surface area contributed by atoms with E-state index in [9.17, 15) is 14.7 Å². The number of hydrogen-bond acceptors (Lipinski definition) is 5. The fraction of sp³-hybridized carbons (Fsp3) is 0.161. The van der Waals surface area contributed by atoms with Crippen LogP contribution >= 0.6 is 0 Å². The zero-order valence-electron chi connectivity index (χ0n) is 20.2. The van der Waals surface area contributed by atoms with Crippen molar-refractivity contribution in [1.82, 2.24) is 5.32 Å². The molecule has 4 aromatic rings. The van der Waals surface area contributed by atoms with E-state index in [1.165, 1.54) is 12.1 Å². The van der Waals surface area contributed by atoms with Gasteiger partial charge >= 0.3 is 12.1 Å². The predicted molar refractivity (Wildman–Crippen MR) is 140 cm³/mol. The zero-order valence-corrected chi connectivity index (χ0v) is 20.2. The Balaban J connectivity index is 1.27. The maximum atomic E-state index is 13.0. The summed E-state index contributed by atoms with van der Waals surface area (Å²) in [7, 11) is 0. The summed E-state index contributed by atoms with van der Waals surface area (Å²) in [6.45, 7) is 0.239. The number of alkyl carbamates (subject to hydrolysis) is 1. The summed E-state index contributed by atoms with van der Waals surface area (Å²) in [4.78, 5) is 25.8. The molecule has 1 atom stereocenters. The minimum Gasteiger partial charge on any atom is -0.508 e. The topological polar surface area (TPSA) is 84.9 Å². The first-order valence-corrected chi connectivity index (χ1v) is 12.2. The van der Waals surface area contributed by atoms with E-state index in [0.717, 1.165) is 33.4 Å². The maximum absolute atomic E-state index is 13.0. The molecule has 6 nitrogen and oxygen atoms in total. The molecule has 5 rings (SSSR count). The summed E-state index contributed by atoms with van der Waals surface area (Å²) in [5, 5.41) is 12.3. The second-order valence-corrected chi connectivity index (χ2v) is 8.99. The minimum atomic E-state index is -0.955. The standard InChI is InChI=1S/C31H27NO5/c33-23-16-14-21(15-17-23)18-29(30(34)36-19-22-8-2-1-3-9-22)32-31(35)37-20-28-26-12-6-4-10-24(26)25-11-5-7-13-27(25)28/h1-17,28-29,33H,18-20H2,(H,32,35)/t29-/m0/s1. The van der Waals surface area contributed by atoms with Gasteiger partial charge in [0, 0.05) is 12.3 Å². The number of fused-ring (bicyclic) bond motifs is 3. The van der Waals surface area contributed by atoms with Crippen molar-refractivity contribution >= 4 is 12.1 Å². The first-order valence-electron chi connectivity index (χ1n) is 12.2. The first-order chi connectivity index (χ1) is 18.1. The van der Waals surface area contributed by atoms with Crippen LogP contribution in [0.4, 0.5) is 4.79 Å². The Bertz CT molecular complexity index is 1340. The van der Waals surface area contributed by atoms with E-state index in [-0.39, 0.29) is 31.3 Å². The van der Waals surface area contributed by atoms with Gasteiger partial charge in [-0.1, -0.05) is 91.0 Å². The van der Waals surface area contributed by atoms with Crippen molar-refractivity contribution in [3.05, 3.63) is 125 Å². The van der Waals surface area contributed by atoms with Crippen molar-refractivity contribution in [2.75, 3.05) is 6.61 Å². The van der Waals surface area contributed by atoms with Crippen molar-refractivity contribution in [1.29, 1.82) is 0 Å². The Morgan fingerprint density at radius 1 is 0.730 bits per heavy atom. The van der Waals surface area contributed by atoms with Gasteiger partial charge in [-0.25, -0.2) is 9.59 Å². The number of hydrogen-bond donors (Lipinski definition) is 2. The second kappa shape index (κ2) is 11.0. The van der Waals surface area contributed by atoms with Crippen LogP contribution in [0.15, 0.2) is 103 Å². The van der Waals surface area contributed by atoms with Gasteiger partial charge in [-0.3, -0.25) is 0 Å². The lowest BCUT2D eigenvalue weighted by molar-refractivity contribution is -0.147. The Morgan fingerprint density at radius 3 is 1.97 bits per heavy atom. The lowest BCUT2D eigenvalue weighted by Gasteiger charge is -2.19. The molecule has 0 aliphatic heterocycles. The van der Waals surface area contributed by atoms with E-state index >= 15 is 0 Å². The molecule has 0 aromatic heterocycles. The van der Waals surface area contributed by atoms with Crippen LogP contribution < -0.4 is 5.32 Å². The van der Waals surface area contributed by atoms with E-state index in [2.05, 4.69) is 29.6 Å². The van der Waals surface area contributed by atoms with Gasteiger partial charge in [-0.15, -0.1) is 0 Å². The predicted octanol–water partition coefficient (Wildman–Crippen LogP) is 5.59. The molecule has 0 radical (unpaired) electrons.